The van der Waals surface area contributed by atoms with Gasteiger partial charge in [0.2, 0.25) is 0 Å². The van der Waals surface area contributed by atoms with Crippen LogP contribution in [0.15, 0.2) is 6.07 Å². The number of hydrogen-bond acceptors (Lipinski definition) is 4. The topological polar surface area (TPSA) is 58.0 Å². The first-order chi connectivity index (χ1) is 8.55. The largest absolute Gasteiger partial charge is 0.394 e. The van der Waals surface area contributed by atoms with Crippen LogP contribution in [-0.4, -0.2) is 27.7 Å². The Hall–Kier alpha value is -0.870. The zero-order valence-corrected chi connectivity index (χ0v) is 12.0. The number of aryl methyl sites for hydroxylation is 1. The first-order valence-corrected chi connectivity index (χ1v) is 6.83. The number of hydrogen-bond donors (Lipinski definition) is 2. The number of halogens is 1. The molecule has 5 heteroatoms. The van der Waals surface area contributed by atoms with E-state index in [-0.39, 0.29) is 12.6 Å². The molecule has 1 unspecified atom stereocenters. The maximum atomic E-state index is 9.34. The van der Waals surface area contributed by atoms with Gasteiger partial charge in [0.15, 0.2) is 0 Å². The van der Waals surface area contributed by atoms with Crippen molar-refractivity contribution in [2.75, 3.05) is 11.9 Å². The first-order valence-electron chi connectivity index (χ1n) is 6.46. The van der Waals surface area contributed by atoms with Gasteiger partial charge >= 0.3 is 0 Å². The molecule has 1 heterocycles. The molecule has 1 aromatic rings. The molecule has 102 valence electrons. The van der Waals surface area contributed by atoms with Crippen molar-refractivity contribution in [2.24, 2.45) is 5.92 Å². The minimum absolute atomic E-state index is 0.00504. The summed E-state index contributed by atoms with van der Waals surface area (Å²) in [4.78, 5) is 8.57. The fourth-order valence-electron chi connectivity index (χ4n) is 1.83. The normalized spacial score (nSPS) is 12.8. The number of aliphatic hydroxyl groups is 1. The lowest BCUT2D eigenvalue weighted by Gasteiger charge is -2.19. The number of rotatable bonds is 7. The van der Waals surface area contributed by atoms with Gasteiger partial charge in [-0.3, -0.25) is 0 Å². The van der Waals surface area contributed by atoms with Gasteiger partial charge in [-0.25, -0.2) is 9.97 Å². The third-order valence-corrected chi connectivity index (χ3v) is 2.74. The molecule has 18 heavy (non-hydrogen) atoms. The molecule has 1 atom stereocenters. The molecule has 2 N–H and O–H groups in total. The highest BCUT2D eigenvalue weighted by atomic mass is 35.5. The van der Waals surface area contributed by atoms with Crippen molar-refractivity contribution in [1.29, 1.82) is 0 Å². The van der Waals surface area contributed by atoms with Crippen LogP contribution in [0.4, 0.5) is 5.82 Å². The van der Waals surface area contributed by atoms with E-state index in [4.69, 9.17) is 11.6 Å². The maximum Gasteiger partial charge on any atom is 0.134 e. The number of aliphatic hydroxyl groups excluding tert-OH is 1. The second-order valence-corrected chi connectivity index (χ2v) is 5.28. The van der Waals surface area contributed by atoms with Crippen molar-refractivity contribution in [1.82, 2.24) is 9.97 Å². The third kappa shape index (κ3) is 5.19. The molecule has 0 saturated heterocycles. The highest BCUT2D eigenvalue weighted by molar-refractivity contribution is 6.29. The van der Waals surface area contributed by atoms with Crippen molar-refractivity contribution in [3.8, 4) is 0 Å². The SMILES string of the molecule is CCCc1nc(Cl)cc(NC(CO)CC(C)C)n1. The third-order valence-electron chi connectivity index (χ3n) is 2.54. The summed E-state index contributed by atoms with van der Waals surface area (Å²) >= 11 is 5.96. The number of nitrogens with one attached hydrogen (secondary N) is 1. The Morgan fingerprint density at radius 1 is 1.39 bits per heavy atom. The molecule has 0 aromatic carbocycles. The summed E-state index contributed by atoms with van der Waals surface area (Å²) in [5.74, 6) is 1.95. The van der Waals surface area contributed by atoms with E-state index in [0.29, 0.717) is 16.9 Å². The molecular weight excluding hydrogens is 250 g/mol. The van der Waals surface area contributed by atoms with Crippen LogP contribution in [-0.2, 0) is 6.42 Å². The highest BCUT2D eigenvalue weighted by Crippen LogP contribution is 2.15. The number of nitrogens with zero attached hydrogens (tertiary/aromatic N) is 2. The lowest BCUT2D eigenvalue weighted by atomic mass is 10.0. The Morgan fingerprint density at radius 2 is 2.11 bits per heavy atom. The minimum atomic E-state index is 0.00504. The Morgan fingerprint density at radius 3 is 2.67 bits per heavy atom. The monoisotopic (exact) mass is 271 g/mol. The van der Waals surface area contributed by atoms with Crippen LogP contribution in [0, 0.1) is 5.92 Å². The fraction of sp³-hybridized carbons (Fsp3) is 0.692. The van der Waals surface area contributed by atoms with Gasteiger partial charge in [0.1, 0.15) is 16.8 Å². The number of anilines is 1. The molecule has 1 aromatic heterocycles. The van der Waals surface area contributed by atoms with E-state index >= 15 is 0 Å². The molecule has 0 saturated carbocycles. The summed E-state index contributed by atoms with van der Waals surface area (Å²) in [6, 6.07) is 1.70. The molecule has 0 aliphatic rings. The smallest absolute Gasteiger partial charge is 0.134 e. The molecule has 0 bridgehead atoms. The average Bonchev–Trinajstić information content (AvgIpc) is 2.27. The molecular formula is C13H22ClN3O. The fourth-order valence-corrected chi connectivity index (χ4v) is 2.03. The van der Waals surface area contributed by atoms with Crippen molar-refractivity contribution in [3.05, 3.63) is 17.0 Å². The van der Waals surface area contributed by atoms with E-state index in [1.54, 1.807) is 6.07 Å². The van der Waals surface area contributed by atoms with Crippen LogP contribution in [0.1, 0.15) is 39.4 Å². The summed E-state index contributed by atoms with van der Waals surface area (Å²) in [7, 11) is 0. The molecule has 0 aliphatic carbocycles. The van der Waals surface area contributed by atoms with Crippen LogP contribution >= 0.6 is 11.6 Å². The molecule has 0 amide bonds. The second-order valence-electron chi connectivity index (χ2n) is 4.90. The Bertz CT molecular complexity index is 371. The van der Waals surface area contributed by atoms with Crippen molar-refractivity contribution >= 4 is 17.4 Å². The standard InChI is InChI=1S/C13H22ClN3O/c1-4-5-12-16-11(14)7-13(17-12)15-10(8-18)6-9(2)3/h7,9-10,18H,4-6,8H2,1-3H3,(H,15,16,17). The van der Waals surface area contributed by atoms with Gasteiger partial charge in [-0.1, -0.05) is 32.4 Å². The molecule has 1 rings (SSSR count). The van der Waals surface area contributed by atoms with Crippen molar-refractivity contribution < 1.29 is 5.11 Å². The van der Waals surface area contributed by atoms with Gasteiger partial charge in [-0.05, 0) is 18.8 Å². The molecule has 0 spiro atoms. The van der Waals surface area contributed by atoms with Crippen molar-refractivity contribution in [2.45, 2.75) is 46.1 Å². The highest BCUT2D eigenvalue weighted by Gasteiger charge is 2.11. The van der Waals surface area contributed by atoms with Gasteiger partial charge in [0.05, 0.1) is 12.6 Å². The van der Waals surface area contributed by atoms with E-state index in [0.717, 1.165) is 25.1 Å². The predicted octanol–water partition coefficient (Wildman–Crippen LogP) is 2.90. The van der Waals surface area contributed by atoms with E-state index in [2.05, 4.69) is 36.1 Å². The van der Waals surface area contributed by atoms with Crippen LogP contribution in [0.5, 0.6) is 0 Å². The first kappa shape index (κ1) is 15.2. The Labute approximate surface area is 114 Å². The summed E-state index contributed by atoms with van der Waals surface area (Å²) in [6.45, 7) is 6.41. The van der Waals surface area contributed by atoms with Gasteiger partial charge in [-0.15, -0.1) is 0 Å². The lowest BCUT2D eigenvalue weighted by Crippen LogP contribution is -2.26. The van der Waals surface area contributed by atoms with Gasteiger partial charge < -0.3 is 10.4 Å². The summed E-state index contributed by atoms with van der Waals surface area (Å²) in [5.41, 5.74) is 0. The molecule has 4 nitrogen and oxygen atoms in total. The second kappa shape index (κ2) is 7.54. The predicted molar refractivity (Wildman–Crippen MR) is 75.0 cm³/mol. The molecule has 0 aliphatic heterocycles. The van der Waals surface area contributed by atoms with Gasteiger partial charge in [0.25, 0.3) is 0 Å². The maximum absolute atomic E-state index is 9.34. The Balaban J connectivity index is 2.75. The van der Waals surface area contributed by atoms with Gasteiger partial charge in [-0.2, -0.15) is 0 Å². The Kier molecular flexibility index (Phi) is 6.36. The van der Waals surface area contributed by atoms with Crippen molar-refractivity contribution in [3.63, 3.8) is 0 Å². The minimum Gasteiger partial charge on any atom is -0.394 e. The summed E-state index contributed by atoms with van der Waals surface area (Å²) < 4.78 is 0. The molecule has 0 fully saturated rings. The van der Waals surface area contributed by atoms with E-state index < -0.39 is 0 Å². The van der Waals surface area contributed by atoms with E-state index in [9.17, 15) is 5.11 Å². The van der Waals surface area contributed by atoms with Crippen LogP contribution in [0.3, 0.4) is 0 Å². The summed E-state index contributed by atoms with van der Waals surface area (Å²) in [5, 5.41) is 13.0. The zero-order chi connectivity index (χ0) is 13.5. The van der Waals surface area contributed by atoms with Crippen LogP contribution in [0.25, 0.3) is 0 Å². The van der Waals surface area contributed by atoms with E-state index in [1.807, 2.05) is 0 Å². The van der Waals surface area contributed by atoms with Crippen LogP contribution in [0.2, 0.25) is 5.15 Å². The quantitative estimate of drug-likeness (QED) is 0.749. The summed E-state index contributed by atoms with van der Waals surface area (Å²) in [6.07, 6.45) is 2.68. The van der Waals surface area contributed by atoms with Gasteiger partial charge in [0, 0.05) is 12.5 Å². The lowest BCUT2D eigenvalue weighted by molar-refractivity contribution is 0.259. The molecule has 0 radical (unpaired) electrons. The van der Waals surface area contributed by atoms with E-state index in [1.165, 1.54) is 0 Å². The zero-order valence-electron chi connectivity index (χ0n) is 11.3. The van der Waals surface area contributed by atoms with Crippen LogP contribution < -0.4 is 5.32 Å². The average molecular weight is 272 g/mol. The number of aromatic nitrogens is 2.